The van der Waals surface area contributed by atoms with E-state index >= 15 is 0 Å². The summed E-state index contributed by atoms with van der Waals surface area (Å²) >= 11 is 0. The molecular formula is C11H15F3N2O. The Balaban J connectivity index is 2.76. The van der Waals surface area contributed by atoms with Gasteiger partial charge in [0.2, 0.25) is 0 Å². The lowest BCUT2D eigenvalue weighted by atomic mass is 10.2. The molecule has 0 amide bonds. The largest absolute Gasteiger partial charge is 0.481 e. The molecule has 3 nitrogen and oxygen atoms in total. The molecule has 0 bridgehead atoms. The topological polar surface area (TPSA) is 34.2 Å². The van der Waals surface area contributed by atoms with E-state index < -0.39 is 12.3 Å². The zero-order valence-electron chi connectivity index (χ0n) is 9.71. The van der Waals surface area contributed by atoms with Gasteiger partial charge in [0.1, 0.15) is 5.75 Å². The number of halogens is 3. The van der Waals surface area contributed by atoms with Crippen LogP contribution in [0.15, 0.2) is 18.5 Å². The van der Waals surface area contributed by atoms with Crippen molar-refractivity contribution in [2.45, 2.75) is 32.7 Å². The van der Waals surface area contributed by atoms with E-state index in [4.69, 9.17) is 4.74 Å². The van der Waals surface area contributed by atoms with Gasteiger partial charge in [0.05, 0.1) is 0 Å². The molecule has 0 aliphatic rings. The average molecular weight is 248 g/mol. The third-order valence-corrected chi connectivity index (χ3v) is 2.19. The number of hydrogen-bond acceptors (Lipinski definition) is 3. The zero-order valence-corrected chi connectivity index (χ0v) is 9.71. The third-order valence-electron chi connectivity index (χ3n) is 2.19. The van der Waals surface area contributed by atoms with Gasteiger partial charge in [-0.3, -0.25) is 4.98 Å². The van der Waals surface area contributed by atoms with Gasteiger partial charge in [0.25, 0.3) is 0 Å². The second-order valence-electron chi connectivity index (χ2n) is 3.57. The molecule has 0 saturated heterocycles. The molecule has 0 aliphatic carbocycles. The minimum atomic E-state index is -4.36. The van der Waals surface area contributed by atoms with Gasteiger partial charge in [0, 0.05) is 24.5 Å². The second-order valence-corrected chi connectivity index (χ2v) is 3.57. The Morgan fingerprint density at radius 1 is 1.47 bits per heavy atom. The fourth-order valence-corrected chi connectivity index (χ4v) is 1.18. The molecule has 0 spiro atoms. The molecule has 1 atom stereocenters. The van der Waals surface area contributed by atoms with Crippen LogP contribution in [0, 0.1) is 0 Å². The van der Waals surface area contributed by atoms with Crippen LogP contribution in [-0.4, -0.2) is 23.8 Å². The third kappa shape index (κ3) is 4.22. The standard InChI is InChI=1S/C11H15F3N2O/c1-3-15-6-9-7-16-5-4-10(9)17-8(2)11(12,13)14/h4-5,7-8,15H,3,6H2,1-2H3. The predicted molar refractivity (Wildman–Crippen MR) is 57.8 cm³/mol. The van der Waals surface area contributed by atoms with Crippen molar-refractivity contribution in [1.82, 2.24) is 10.3 Å². The van der Waals surface area contributed by atoms with Crippen molar-refractivity contribution < 1.29 is 17.9 Å². The van der Waals surface area contributed by atoms with Crippen LogP contribution in [0.3, 0.4) is 0 Å². The van der Waals surface area contributed by atoms with E-state index in [0.717, 1.165) is 13.5 Å². The molecule has 96 valence electrons. The Morgan fingerprint density at radius 2 is 2.18 bits per heavy atom. The number of pyridine rings is 1. The highest BCUT2D eigenvalue weighted by Gasteiger charge is 2.38. The van der Waals surface area contributed by atoms with E-state index in [1.165, 1.54) is 18.5 Å². The fourth-order valence-electron chi connectivity index (χ4n) is 1.18. The minimum Gasteiger partial charge on any atom is -0.481 e. The molecule has 6 heteroatoms. The lowest BCUT2D eigenvalue weighted by Crippen LogP contribution is -2.31. The Bertz CT molecular complexity index is 355. The minimum absolute atomic E-state index is 0.214. The fraction of sp³-hybridized carbons (Fsp3) is 0.545. The number of rotatable bonds is 5. The molecule has 0 radical (unpaired) electrons. The summed E-state index contributed by atoms with van der Waals surface area (Å²) in [5, 5.41) is 3.02. The molecule has 0 fully saturated rings. The van der Waals surface area contributed by atoms with Crippen LogP contribution in [-0.2, 0) is 6.54 Å². The van der Waals surface area contributed by atoms with Crippen molar-refractivity contribution in [3.63, 3.8) is 0 Å². The number of hydrogen-bond donors (Lipinski definition) is 1. The van der Waals surface area contributed by atoms with Crippen molar-refractivity contribution in [3.8, 4) is 5.75 Å². The van der Waals surface area contributed by atoms with Crippen LogP contribution in [0.5, 0.6) is 5.75 Å². The highest BCUT2D eigenvalue weighted by molar-refractivity contribution is 5.30. The second kappa shape index (κ2) is 5.86. The van der Waals surface area contributed by atoms with Crippen LogP contribution in [0.1, 0.15) is 19.4 Å². The van der Waals surface area contributed by atoms with E-state index in [1.54, 1.807) is 0 Å². The molecule has 1 heterocycles. The van der Waals surface area contributed by atoms with Crippen molar-refractivity contribution in [1.29, 1.82) is 0 Å². The van der Waals surface area contributed by atoms with Crippen LogP contribution in [0.4, 0.5) is 13.2 Å². The maximum absolute atomic E-state index is 12.4. The number of ether oxygens (including phenoxy) is 1. The molecule has 0 saturated carbocycles. The first-order chi connectivity index (χ1) is 7.95. The summed E-state index contributed by atoms with van der Waals surface area (Å²) in [6, 6.07) is 1.44. The maximum atomic E-state index is 12.4. The SMILES string of the molecule is CCNCc1cnccc1OC(C)C(F)(F)F. The normalized spacial score (nSPS) is 13.5. The van der Waals surface area contributed by atoms with E-state index in [9.17, 15) is 13.2 Å². The molecular weight excluding hydrogens is 233 g/mol. The predicted octanol–water partition coefficient (Wildman–Crippen LogP) is 2.52. The summed E-state index contributed by atoms with van der Waals surface area (Å²) in [5.41, 5.74) is 0.616. The Labute approximate surface area is 98.0 Å². The highest BCUT2D eigenvalue weighted by Crippen LogP contribution is 2.26. The molecule has 17 heavy (non-hydrogen) atoms. The summed E-state index contributed by atoms with van der Waals surface area (Å²) in [4.78, 5) is 3.87. The smallest absolute Gasteiger partial charge is 0.425 e. The number of alkyl halides is 3. The quantitative estimate of drug-likeness (QED) is 0.869. The van der Waals surface area contributed by atoms with Gasteiger partial charge < -0.3 is 10.1 Å². The van der Waals surface area contributed by atoms with Gasteiger partial charge >= 0.3 is 6.18 Å². The van der Waals surface area contributed by atoms with Gasteiger partial charge in [-0.1, -0.05) is 6.92 Å². The summed E-state index contributed by atoms with van der Waals surface area (Å²) < 4.78 is 42.0. The summed E-state index contributed by atoms with van der Waals surface area (Å²) in [5.74, 6) is 0.214. The van der Waals surface area contributed by atoms with Gasteiger partial charge in [-0.2, -0.15) is 13.2 Å². The monoisotopic (exact) mass is 248 g/mol. The maximum Gasteiger partial charge on any atom is 0.425 e. The molecule has 1 aromatic rings. The summed E-state index contributed by atoms with van der Waals surface area (Å²) in [6.07, 6.45) is -3.28. The van der Waals surface area contributed by atoms with Crippen LogP contribution >= 0.6 is 0 Å². The molecule has 1 N–H and O–H groups in total. The number of aromatic nitrogens is 1. The first kappa shape index (κ1) is 13.8. The summed E-state index contributed by atoms with van der Waals surface area (Å²) in [7, 11) is 0. The Kier molecular flexibility index (Phi) is 4.74. The van der Waals surface area contributed by atoms with E-state index in [2.05, 4.69) is 10.3 Å². The molecule has 0 aliphatic heterocycles. The van der Waals surface area contributed by atoms with Gasteiger partial charge in [-0.05, 0) is 19.5 Å². The van der Waals surface area contributed by atoms with Gasteiger partial charge in [0.15, 0.2) is 6.10 Å². The average Bonchev–Trinajstić information content (AvgIpc) is 2.26. The van der Waals surface area contributed by atoms with Crippen molar-refractivity contribution in [2.75, 3.05) is 6.54 Å². The molecule has 1 unspecified atom stereocenters. The number of nitrogens with one attached hydrogen (secondary N) is 1. The highest BCUT2D eigenvalue weighted by atomic mass is 19.4. The first-order valence-corrected chi connectivity index (χ1v) is 5.32. The van der Waals surface area contributed by atoms with Crippen molar-refractivity contribution in [2.24, 2.45) is 0 Å². The van der Waals surface area contributed by atoms with Gasteiger partial charge in [-0.15, -0.1) is 0 Å². The van der Waals surface area contributed by atoms with Crippen LogP contribution in [0.2, 0.25) is 0 Å². The molecule has 1 aromatic heterocycles. The van der Waals surface area contributed by atoms with Crippen LogP contribution in [0.25, 0.3) is 0 Å². The first-order valence-electron chi connectivity index (χ1n) is 5.32. The Morgan fingerprint density at radius 3 is 2.76 bits per heavy atom. The summed E-state index contributed by atoms with van der Waals surface area (Å²) in [6.45, 7) is 4.06. The van der Waals surface area contributed by atoms with Crippen LogP contribution < -0.4 is 10.1 Å². The Hall–Kier alpha value is -1.30. The zero-order chi connectivity index (χ0) is 12.9. The van der Waals surface area contributed by atoms with Gasteiger partial charge in [-0.25, -0.2) is 0 Å². The van der Waals surface area contributed by atoms with Crippen molar-refractivity contribution in [3.05, 3.63) is 24.0 Å². The van der Waals surface area contributed by atoms with Crippen molar-refractivity contribution >= 4 is 0 Å². The molecule has 1 rings (SSSR count). The van der Waals surface area contributed by atoms with E-state index in [1.807, 2.05) is 6.92 Å². The lowest BCUT2D eigenvalue weighted by molar-refractivity contribution is -0.189. The molecule has 0 aromatic carbocycles. The van der Waals surface area contributed by atoms with E-state index in [-0.39, 0.29) is 5.75 Å². The lowest BCUT2D eigenvalue weighted by Gasteiger charge is -2.19. The number of nitrogens with zero attached hydrogens (tertiary/aromatic N) is 1. The van der Waals surface area contributed by atoms with E-state index in [0.29, 0.717) is 12.1 Å².